The minimum absolute atomic E-state index is 0.00201. The van der Waals surface area contributed by atoms with Crippen LogP contribution in [-0.2, 0) is 4.79 Å². The molecule has 0 heterocycles. The van der Waals surface area contributed by atoms with Gasteiger partial charge in [-0.3, -0.25) is 4.79 Å². The zero-order valence-corrected chi connectivity index (χ0v) is 11.0. The van der Waals surface area contributed by atoms with Crippen molar-refractivity contribution >= 4 is 5.91 Å². The normalized spacial score (nSPS) is 31.8. The van der Waals surface area contributed by atoms with Gasteiger partial charge in [-0.1, -0.05) is 20.3 Å². The lowest BCUT2D eigenvalue weighted by Gasteiger charge is -2.27. The van der Waals surface area contributed by atoms with E-state index in [0.717, 1.165) is 18.8 Å². The van der Waals surface area contributed by atoms with E-state index in [1.54, 1.807) is 0 Å². The lowest BCUT2D eigenvalue weighted by atomic mass is 9.86. The first-order chi connectivity index (χ1) is 8.02. The maximum Gasteiger partial charge on any atom is 0.223 e. The number of rotatable bonds is 5. The molecule has 3 nitrogen and oxygen atoms in total. The van der Waals surface area contributed by atoms with E-state index in [4.69, 9.17) is 5.11 Å². The van der Waals surface area contributed by atoms with Gasteiger partial charge in [0, 0.05) is 19.1 Å². The average molecular weight is 239 g/mol. The maximum atomic E-state index is 12.1. The lowest BCUT2D eigenvalue weighted by Crippen LogP contribution is -2.39. The van der Waals surface area contributed by atoms with Crippen LogP contribution < -0.4 is 5.32 Å². The summed E-state index contributed by atoms with van der Waals surface area (Å²) >= 11 is 0. The SMILES string of the molecule is CC(C)(CCO)CNC(=O)C1CC2CCC1C2. The quantitative estimate of drug-likeness (QED) is 0.770. The fraction of sp³-hybridized carbons (Fsp3) is 0.929. The predicted molar refractivity (Wildman–Crippen MR) is 67.4 cm³/mol. The van der Waals surface area contributed by atoms with Crippen LogP contribution in [0.1, 0.15) is 46.0 Å². The predicted octanol–water partition coefficient (Wildman–Crippen LogP) is 1.95. The molecule has 0 aromatic carbocycles. The van der Waals surface area contributed by atoms with Gasteiger partial charge in [0.05, 0.1) is 0 Å². The number of hydrogen-bond donors (Lipinski definition) is 2. The summed E-state index contributed by atoms with van der Waals surface area (Å²) in [6.07, 6.45) is 5.71. The molecule has 2 N–H and O–H groups in total. The van der Waals surface area contributed by atoms with E-state index in [0.29, 0.717) is 12.5 Å². The molecule has 2 rings (SSSR count). The van der Waals surface area contributed by atoms with Gasteiger partial charge < -0.3 is 10.4 Å². The van der Waals surface area contributed by atoms with Crippen molar-refractivity contribution in [3.05, 3.63) is 0 Å². The van der Waals surface area contributed by atoms with Crippen molar-refractivity contribution in [2.24, 2.45) is 23.2 Å². The Morgan fingerprint density at radius 1 is 1.35 bits per heavy atom. The highest BCUT2D eigenvalue weighted by Gasteiger charge is 2.43. The van der Waals surface area contributed by atoms with Crippen LogP contribution in [0.5, 0.6) is 0 Å². The molecule has 2 aliphatic rings. The summed E-state index contributed by atoms with van der Waals surface area (Å²) in [5.41, 5.74) is 0.00201. The second kappa shape index (κ2) is 4.97. The number of aliphatic hydroxyl groups is 1. The summed E-state index contributed by atoms with van der Waals surface area (Å²) in [7, 11) is 0. The van der Waals surface area contributed by atoms with Gasteiger partial charge in [0.15, 0.2) is 0 Å². The van der Waals surface area contributed by atoms with Crippen LogP contribution in [0.2, 0.25) is 0 Å². The third-order valence-electron chi connectivity index (χ3n) is 4.60. The van der Waals surface area contributed by atoms with E-state index < -0.39 is 0 Å². The minimum Gasteiger partial charge on any atom is -0.396 e. The molecule has 2 aliphatic carbocycles. The third kappa shape index (κ3) is 3.01. The summed E-state index contributed by atoms with van der Waals surface area (Å²) in [6.45, 7) is 5.05. The number of hydrogen-bond acceptors (Lipinski definition) is 2. The van der Waals surface area contributed by atoms with Crippen LogP contribution in [-0.4, -0.2) is 24.2 Å². The van der Waals surface area contributed by atoms with E-state index >= 15 is 0 Å². The van der Waals surface area contributed by atoms with Crippen molar-refractivity contribution in [2.75, 3.05) is 13.2 Å². The molecule has 0 radical (unpaired) electrons. The molecule has 1 amide bonds. The summed E-state index contributed by atoms with van der Waals surface area (Å²) in [5.74, 6) is 2.00. The van der Waals surface area contributed by atoms with Crippen molar-refractivity contribution in [3.63, 3.8) is 0 Å². The molecule has 2 fully saturated rings. The zero-order chi connectivity index (χ0) is 12.5. The Kier molecular flexibility index (Phi) is 3.76. The highest BCUT2D eigenvalue weighted by Crippen LogP contribution is 2.48. The Labute approximate surface area is 104 Å². The van der Waals surface area contributed by atoms with Crippen molar-refractivity contribution in [2.45, 2.75) is 46.0 Å². The first-order valence-corrected chi connectivity index (χ1v) is 6.90. The molecule has 3 unspecified atom stereocenters. The highest BCUT2D eigenvalue weighted by atomic mass is 16.3. The van der Waals surface area contributed by atoms with Crippen LogP contribution in [0.3, 0.4) is 0 Å². The first kappa shape index (κ1) is 12.9. The van der Waals surface area contributed by atoms with Gasteiger partial charge >= 0.3 is 0 Å². The highest BCUT2D eigenvalue weighted by molar-refractivity contribution is 5.79. The molecule has 0 saturated heterocycles. The summed E-state index contributed by atoms with van der Waals surface area (Å²) in [6, 6.07) is 0. The van der Waals surface area contributed by atoms with Gasteiger partial charge in [0.25, 0.3) is 0 Å². The minimum atomic E-state index is 0.00201. The van der Waals surface area contributed by atoms with Gasteiger partial charge in [-0.25, -0.2) is 0 Å². The number of fused-ring (bicyclic) bond motifs is 2. The van der Waals surface area contributed by atoms with E-state index in [1.807, 2.05) is 0 Å². The smallest absolute Gasteiger partial charge is 0.223 e. The van der Waals surface area contributed by atoms with Crippen molar-refractivity contribution in [3.8, 4) is 0 Å². The molecule has 0 aliphatic heterocycles. The number of aliphatic hydroxyl groups excluding tert-OH is 1. The van der Waals surface area contributed by atoms with Crippen LogP contribution in [0.25, 0.3) is 0 Å². The van der Waals surface area contributed by atoms with Gasteiger partial charge in [-0.2, -0.15) is 0 Å². The lowest BCUT2D eigenvalue weighted by molar-refractivity contribution is -0.127. The Bertz CT molecular complexity index is 288. The van der Waals surface area contributed by atoms with Gasteiger partial charge in [-0.15, -0.1) is 0 Å². The molecule has 3 heteroatoms. The standard InChI is InChI=1S/C14H25NO2/c1-14(2,5-6-16)9-15-13(17)12-8-10-3-4-11(12)7-10/h10-12,16H,3-9H2,1-2H3,(H,15,17). The molecule has 2 bridgehead atoms. The molecule has 0 spiro atoms. The van der Waals surface area contributed by atoms with Crippen molar-refractivity contribution < 1.29 is 9.90 Å². The summed E-state index contributed by atoms with van der Waals surface area (Å²) < 4.78 is 0. The maximum absolute atomic E-state index is 12.1. The van der Waals surface area contributed by atoms with E-state index in [2.05, 4.69) is 19.2 Å². The molecule has 0 aromatic heterocycles. The van der Waals surface area contributed by atoms with Gasteiger partial charge in [0.2, 0.25) is 5.91 Å². The number of nitrogens with one attached hydrogen (secondary N) is 1. The third-order valence-corrected chi connectivity index (χ3v) is 4.60. The number of carbonyl (C=O) groups is 1. The van der Waals surface area contributed by atoms with E-state index in [1.165, 1.54) is 19.3 Å². The molecule has 0 aromatic rings. The van der Waals surface area contributed by atoms with Crippen LogP contribution in [0.15, 0.2) is 0 Å². The fourth-order valence-electron chi connectivity index (χ4n) is 3.41. The van der Waals surface area contributed by atoms with Gasteiger partial charge in [0.1, 0.15) is 0 Å². The Morgan fingerprint density at radius 2 is 2.12 bits per heavy atom. The van der Waals surface area contributed by atoms with E-state index in [-0.39, 0.29) is 23.8 Å². The largest absolute Gasteiger partial charge is 0.396 e. The zero-order valence-electron chi connectivity index (χ0n) is 11.0. The monoisotopic (exact) mass is 239 g/mol. The topological polar surface area (TPSA) is 49.3 Å². The molecule has 3 atom stereocenters. The molecule has 2 saturated carbocycles. The van der Waals surface area contributed by atoms with Gasteiger partial charge in [-0.05, 0) is 42.9 Å². The second-order valence-corrected chi connectivity index (χ2v) is 6.64. The van der Waals surface area contributed by atoms with Crippen LogP contribution >= 0.6 is 0 Å². The van der Waals surface area contributed by atoms with Crippen molar-refractivity contribution in [1.82, 2.24) is 5.32 Å². The fourth-order valence-corrected chi connectivity index (χ4v) is 3.41. The summed E-state index contributed by atoms with van der Waals surface area (Å²) in [5, 5.41) is 12.0. The van der Waals surface area contributed by atoms with Crippen molar-refractivity contribution in [1.29, 1.82) is 0 Å². The Hall–Kier alpha value is -0.570. The molecular formula is C14H25NO2. The van der Waals surface area contributed by atoms with E-state index in [9.17, 15) is 4.79 Å². The van der Waals surface area contributed by atoms with Crippen LogP contribution in [0, 0.1) is 23.2 Å². The second-order valence-electron chi connectivity index (χ2n) is 6.64. The Balaban J connectivity index is 1.78. The summed E-state index contributed by atoms with van der Waals surface area (Å²) in [4.78, 5) is 12.1. The molecular weight excluding hydrogens is 214 g/mol. The Morgan fingerprint density at radius 3 is 2.65 bits per heavy atom. The average Bonchev–Trinajstić information content (AvgIpc) is 2.87. The first-order valence-electron chi connectivity index (χ1n) is 6.90. The molecule has 17 heavy (non-hydrogen) atoms. The number of amides is 1. The van der Waals surface area contributed by atoms with Crippen LogP contribution in [0.4, 0.5) is 0 Å². The number of carbonyl (C=O) groups excluding carboxylic acids is 1. The molecule has 98 valence electrons.